The molecule has 1 atom stereocenters. The Labute approximate surface area is 174 Å². The molecule has 5 nitrogen and oxygen atoms in total. The van der Waals surface area contributed by atoms with Gasteiger partial charge in [-0.05, 0) is 31.7 Å². The lowest BCUT2D eigenvalue weighted by atomic mass is 9.85. The highest BCUT2D eigenvalue weighted by molar-refractivity contribution is 8.01. The van der Waals surface area contributed by atoms with Gasteiger partial charge in [0.1, 0.15) is 0 Å². The van der Waals surface area contributed by atoms with Gasteiger partial charge in [-0.25, -0.2) is 4.98 Å². The van der Waals surface area contributed by atoms with Crippen LogP contribution in [0.1, 0.15) is 24.1 Å². The van der Waals surface area contributed by atoms with Gasteiger partial charge >= 0.3 is 0 Å². The molecule has 28 heavy (non-hydrogen) atoms. The number of thioether (sulfide) groups is 1. The Bertz CT molecular complexity index is 854. The van der Waals surface area contributed by atoms with E-state index in [1.165, 1.54) is 17.3 Å². The van der Waals surface area contributed by atoms with E-state index in [-0.39, 0.29) is 17.2 Å². The minimum atomic E-state index is -0.352. The van der Waals surface area contributed by atoms with Crippen LogP contribution in [0.2, 0.25) is 0 Å². The van der Waals surface area contributed by atoms with Crippen LogP contribution in [-0.4, -0.2) is 58.5 Å². The molecule has 2 aliphatic rings. The molecule has 148 valence electrons. The number of aryl methyl sites for hydroxylation is 1. The Kier molecular flexibility index (Phi) is 5.73. The summed E-state index contributed by atoms with van der Waals surface area (Å²) in [4.78, 5) is 34.0. The van der Waals surface area contributed by atoms with Gasteiger partial charge in [0.25, 0.3) is 0 Å². The van der Waals surface area contributed by atoms with Gasteiger partial charge in [0.2, 0.25) is 11.8 Å². The second-order valence-electron chi connectivity index (χ2n) is 7.67. The highest BCUT2D eigenvalue weighted by Crippen LogP contribution is 2.41. The van der Waals surface area contributed by atoms with Crippen LogP contribution >= 0.6 is 23.1 Å². The molecule has 1 spiro atoms. The van der Waals surface area contributed by atoms with Crippen LogP contribution in [-0.2, 0) is 16.0 Å². The maximum atomic E-state index is 13.1. The topological polar surface area (TPSA) is 53.5 Å². The molecule has 2 saturated heterocycles. The van der Waals surface area contributed by atoms with Crippen molar-refractivity contribution in [3.05, 3.63) is 47.0 Å². The number of benzene rings is 1. The molecular weight excluding hydrogens is 390 g/mol. The van der Waals surface area contributed by atoms with E-state index in [0.29, 0.717) is 18.8 Å². The van der Waals surface area contributed by atoms with E-state index < -0.39 is 0 Å². The monoisotopic (exact) mass is 415 g/mol. The summed E-state index contributed by atoms with van der Waals surface area (Å²) in [5, 5.41) is 2.00. The first-order valence-corrected chi connectivity index (χ1v) is 11.6. The summed E-state index contributed by atoms with van der Waals surface area (Å²) < 4.78 is 0.934. The lowest BCUT2D eigenvalue weighted by Gasteiger charge is -2.23. The molecule has 7 heteroatoms. The van der Waals surface area contributed by atoms with E-state index >= 15 is 0 Å². The Morgan fingerprint density at radius 2 is 2.04 bits per heavy atom. The standard InChI is InChI=1S/C21H25N3O2S2/c1-16-13-27-20(22-16)28-14-18(25)24-12-9-21(15-24)8-11-23(19(21)26)10-7-17-5-3-2-4-6-17/h2-6,13H,7-12,14-15H2,1H3. The molecule has 2 fully saturated rings. The fourth-order valence-electron chi connectivity index (χ4n) is 4.09. The zero-order chi connectivity index (χ0) is 19.6. The summed E-state index contributed by atoms with van der Waals surface area (Å²) >= 11 is 3.07. The zero-order valence-corrected chi connectivity index (χ0v) is 17.7. The summed E-state index contributed by atoms with van der Waals surface area (Å²) in [7, 11) is 0. The summed E-state index contributed by atoms with van der Waals surface area (Å²) in [5.74, 6) is 0.752. The summed E-state index contributed by atoms with van der Waals surface area (Å²) in [6.45, 7) is 4.79. The van der Waals surface area contributed by atoms with Crippen molar-refractivity contribution in [2.24, 2.45) is 5.41 Å². The first kappa shape index (κ1) is 19.5. The smallest absolute Gasteiger partial charge is 0.233 e. The Morgan fingerprint density at radius 3 is 2.79 bits per heavy atom. The highest BCUT2D eigenvalue weighted by atomic mass is 32.2. The third kappa shape index (κ3) is 4.10. The largest absolute Gasteiger partial charge is 0.342 e. The van der Waals surface area contributed by atoms with Gasteiger partial charge in [-0.1, -0.05) is 42.1 Å². The van der Waals surface area contributed by atoms with Crippen molar-refractivity contribution < 1.29 is 9.59 Å². The molecule has 1 unspecified atom stereocenters. The van der Waals surface area contributed by atoms with Crippen LogP contribution in [0, 0.1) is 12.3 Å². The van der Waals surface area contributed by atoms with Crippen LogP contribution in [0.15, 0.2) is 40.1 Å². The third-order valence-corrected chi connectivity index (χ3v) is 7.86. The van der Waals surface area contributed by atoms with Crippen molar-refractivity contribution in [3.63, 3.8) is 0 Å². The summed E-state index contributed by atoms with van der Waals surface area (Å²) in [6, 6.07) is 10.3. The van der Waals surface area contributed by atoms with E-state index in [1.807, 2.05) is 40.3 Å². The Morgan fingerprint density at radius 1 is 1.25 bits per heavy atom. The fourth-order valence-corrected chi connectivity index (χ4v) is 5.84. The molecule has 0 N–H and O–H groups in total. The van der Waals surface area contributed by atoms with Crippen molar-refractivity contribution in [2.75, 3.05) is 31.9 Å². The number of hydrogen-bond acceptors (Lipinski definition) is 5. The van der Waals surface area contributed by atoms with Gasteiger partial charge in [0, 0.05) is 37.3 Å². The quantitative estimate of drug-likeness (QED) is 0.680. The lowest BCUT2D eigenvalue weighted by Crippen LogP contribution is -2.39. The first-order chi connectivity index (χ1) is 13.6. The van der Waals surface area contributed by atoms with E-state index in [1.54, 1.807) is 11.3 Å². The van der Waals surface area contributed by atoms with Gasteiger partial charge in [0.05, 0.1) is 11.2 Å². The minimum absolute atomic E-state index is 0.116. The summed E-state index contributed by atoms with van der Waals surface area (Å²) in [6.07, 6.45) is 2.54. The number of carbonyl (C=O) groups is 2. The number of amides is 2. The number of thiazole rings is 1. The molecule has 1 aromatic carbocycles. The molecule has 0 bridgehead atoms. The van der Waals surface area contributed by atoms with Gasteiger partial charge in [-0.2, -0.15) is 0 Å². The Balaban J connectivity index is 1.30. The van der Waals surface area contributed by atoms with Crippen LogP contribution in [0.5, 0.6) is 0 Å². The van der Waals surface area contributed by atoms with Crippen molar-refractivity contribution >= 4 is 34.9 Å². The predicted molar refractivity (Wildman–Crippen MR) is 113 cm³/mol. The van der Waals surface area contributed by atoms with E-state index in [9.17, 15) is 9.59 Å². The summed E-state index contributed by atoms with van der Waals surface area (Å²) in [5.41, 5.74) is 1.90. The maximum absolute atomic E-state index is 13.1. The lowest BCUT2D eigenvalue weighted by molar-refractivity contribution is -0.136. The molecule has 2 aromatic rings. The second kappa shape index (κ2) is 8.25. The number of rotatable bonds is 6. The maximum Gasteiger partial charge on any atom is 0.233 e. The van der Waals surface area contributed by atoms with Crippen molar-refractivity contribution in [1.82, 2.24) is 14.8 Å². The number of nitrogens with zero attached hydrogens (tertiary/aromatic N) is 3. The SMILES string of the molecule is Cc1csc(SCC(=O)N2CCC3(CCN(CCc4ccccc4)C3=O)C2)n1. The normalized spacial score (nSPS) is 21.8. The van der Waals surface area contributed by atoms with Gasteiger partial charge < -0.3 is 9.80 Å². The molecule has 0 radical (unpaired) electrons. The number of aromatic nitrogens is 1. The second-order valence-corrected chi connectivity index (χ2v) is 9.75. The van der Waals surface area contributed by atoms with E-state index in [2.05, 4.69) is 17.1 Å². The predicted octanol–water partition coefficient (Wildman–Crippen LogP) is 3.24. The van der Waals surface area contributed by atoms with Crippen LogP contribution in [0.4, 0.5) is 0 Å². The zero-order valence-electron chi connectivity index (χ0n) is 16.1. The molecule has 0 saturated carbocycles. The average Bonchev–Trinajstić information content (AvgIpc) is 3.41. The van der Waals surface area contributed by atoms with Gasteiger partial charge in [-0.15, -0.1) is 11.3 Å². The molecule has 2 aliphatic heterocycles. The Hall–Kier alpha value is -1.86. The van der Waals surface area contributed by atoms with Gasteiger partial charge in [0.15, 0.2) is 4.34 Å². The highest BCUT2D eigenvalue weighted by Gasteiger charge is 2.51. The molecule has 2 amide bonds. The molecule has 4 rings (SSSR count). The molecule has 1 aromatic heterocycles. The first-order valence-electron chi connectivity index (χ1n) is 9.72. The number of carbonyl (C=O) groups excluding carboxylic acids is 2. The third-order valence-electron chi connectivity index (χ3n) is 5.74. The van der Waals surface area contributed by atoms with Crippen molar-refractivity contribution in [1.29, 1.82) is 0 Å². The van der Waals surface area contributed by atoms with Crippen molar-refractivity contribution in [3.8, 4) is 0 Å². The minimum Gasteiger partial charge on any atom is -0.342 e. The van der Waals surface area contributed by atoms with Gasteiger partial charge in [-0.3, -0.25) is 9.59 Å². The fraction of sp³-hybridized carbons (Fsp3) is 0.476. The average molecular weight is 416 g/mol. The van der Waals surface area contributed by atoms with E-state index in [4.69, 9.17) is 0 Å². The van der Waals surface area contributed by atoms with Crippen LogP contribution in [0.25, 0.3) is 0 Å². The number of likely N-dealkylation sites (tertiary alicyclic amines) is 2. The number of hydrogen-bond donors (Lipinski definition) is 0. The molecular formula is C21H25N3O2S2. The van der Waals surface area contributed by atoms with Crippen LogP contribution < -0.4 is 0 Å². The van der Waals surface area contributed by atoms with Crippen LogP contribution in [0.3, 0.4) is 0 Å². The molecule has 0 aliphatic carbocycles. The van der Waals surface area contributed by atoms with Crippen molar-refractivity contribution in [2.45, 2.75) is 30.5 Å². The molecule has 3 heterocycles. The van der Waals surface area contributed by atoms with E-state index in [0.717, 1.165) is 42.4 Å².